The van der Waals surface area contributed by atoms with Crippen LogP contribution in [-0.4, -0.2) is 15.0 Å². The molecule has 0 saturated carbocycles. The van der Waals surface area contributed by atoms with Crippen molar-refractivity contribution in [3.8, 4) is 0 Å². The number of hydrogen-bond donors (Lipinski definition) is 2. The summed E-state index contributed by atoms with van der Waals surface area (Å²) in [5.41, 5.74) is 7.10. The van der Waals surface area contributed by atoms with Crippen LogP contribution in [0.3, 0.4) is 0 Å². The van der Waals surface area contributed by atoms with Gasteiger partial charge in [-0.3, -0.25) is 0 Å². The van der Waals surface area contributed by atoms with Crippen molar-refractivity contribution in [3.63, 3.8) is 0 Å². The minimum absolute atomic E-state index is 0.177. The van der Waals surface area contributed by atoms with Crippen LogP contribution >= 0.6 is 12.2 Å². The summed E-state index contributed by atoms with van der Waals surface area (Å²) in [6.45, 7) is 0.422. The molecule has 1 aromatic carbocycles. The topological polar surface area (TPSA) is 63.8 Å². The van der Waals surface area contributed by atoms with Gasteiger partial charge in [-0.1, -0.05) is 12.2 Å². The monoisotopic (exact) mass is 262 g/mol. The van der Waals surface area contributed by atoms with E-state index in [4.69, 9.17) is 18.0 Å². The summed E-state index contributed by atoms with van der Waals surface area (Å²) in [7, 11) is 0. The second-order valence-corrected chi connectivity index (χ2v) is 4.05. The second-order valence-electron chi connectivity index (χ2n) is 3.61. The molecule has 0 aliphatic carbocycles. The fourth-order valence-electron chi connectivity index (χ4n) is 1.42. The Kier molecular flexibility index (Phi) is 3.78. The number of aromatic nitrogens is 2. The molecule has 0 spiro atoms. The van der Waals surface area contributed by atoms with E-state index in [1.807, 2.05) is 0 Å². The first kappa shape index (κ1) is 12.4. The number of thiocarbonyl (C=S) groups is 1. The Bertz CT molecular complexity index is 559. The van der Waals surface area contributed by atoms with Crippen molar-refractivity contribution in [2.45, 2.75) is 6.54 Å². The van der Waals surface area contributed by atoms with Gasteiger partial charge in [0.1, 0.15) is 17.1 Å². The second kappa shape index (κ2) is 5.50. The molecule has 0 saturated heterocycles. The maximum atomic E-state index is 13.7. The lowest BCUT2D eigenvalue weighted by Gasteiger charge is -2.08. The van der Waals surface area contributed by atoms with E-state index in [0.717, 1.165) is 5.69 Å². The summed E-state index contributed by atoms with van der Waals surface area (Å²) in [4.78, 5) is 8.02. The zero-order valence-electron chi connectivity index (χ0n) is 9.43. The Balaban J connectivity index is 2.08. The first-order valence-corrected chi connectivity index (χ1v) is 5.66. The van der Waals surface area contributed by atoms with Crippen molar-refractivity contribution in [2.24, 2.45) is 5.73 Å². The van der Waals surface area contributed by atoms with E-state index in [2.05, 4.69) is 15.3 Å². The van der Waals surface area contributed by atoms with Gasteiger partial charge in [-0.2, -0.15) is 0 Å². The van der Waals surface area contributed by atoms with Crippen LogP contribution in [0, 0.1) is 5.82 Å². The fraction of sp³-hybridized carbons (Fsp3) is 0.0833. The highest BCUT2D eigenvalue weighted by atomic mass is 32.1. The van der Waals surface area contributed by atoms with Crippen molar-refractivity contribution in [3.05, 3.63) is 53.9 Å². The van der Waals surface area contributed by atoms with E-state index < -0.39 is 5.82 Å². The highest BCUT2D eigenvalue weighted by Crippen LogP contribution is 2.16. The van der Waals surface area contributed by atoms with Crippen LogP contribution in [0.15, 0.2) is 36.8 Å². The molecular weight excluding hydrogens is 251 g/mol. The molecule has 2 aromatic rings. The standard InChI is InChI=1S/C12H11FN4S/c13-10-5-8(12(14)18)1-2-11(10)16-6-9-3-4-15-7-17-9/h1-5,7,16H,6H2,(H2,14,18). The van der Waals surface area contributed by atoms with Crippen LogP contribution in [0.5, 0.6) is 0 Å². The molecule has 6 heteroatoms. The molecule has 0 aliphatic rings. The number of rotatable bonds is 4. The predicted octanol–water partition coefficient (Wildman–Crippen LogP) is 1.86. The third kappa shape index (κ3) is 2.98. The van der Waals surface area contributed by atoms with Crippen LogP contribution in [0.25, 0.3) is 0 Å². The van der Waals surface area contributed by atoms with Gasteiger partial charge >= 0.3 is 0 Å². The summed E-state index contributed by atoms with van der Waals surface area (Å²) in [6, 6.07) is 6.34. The molecule has 0 atom stereocenters. The summed E-state index contributed by atoms with van der Waals surface area (Å²) in [5, 5.41) is 2.95. The van der Waals surface area contributed by atoms with E-state index in [1.54, 1.807) is 24.4 Å². The smallest absolute Gasteiger partial charge is 0.146 e. The first-order valence-electron chi connectivity index (χ1n) is 5.25. The van der Waals surface area contributed by atoms with Gasteiger partial charge in [-0.25, -0.2) is 14.4 Å². The lowest BCUT2D eigenvalue weighted by Crippen LogP contribution is -2.10. The Hall–Kier alpha value is -2.08. The highest BCUT2D eigenvalue weighted by molar-refractivity contribution is 7.80. The van der Waals surface area contributed by atoms with Crippen molar-refractivity contribution >= 4 is 22.9 Å². The molecule has 18 heavy (non-hydrogen) atoms. The average Bonchev–Trinajstić information content (AvgIpc) is 2.38. The van der Waals surface area contributed by atoms with Crippen LogP contribution < -0.4 is 11.1 Å². The van der Waals surface area contributed by atoms with Gasteiger partial charge in [-0.15, -0.1) is 0 Å². The fourth-order valence-corrected chi connectivity index (χ4v) is 1.55. The molecule has 0 fully saturated rings. The van der Waals surface area contributed by atoms with Crippen LogP contribution in [0.1, 0.15) is 11.3 Å². The van der Waals surface area contributed by atoms with Crippen molar-refractivity contribution < 1.29 is 4.39 Å². The molecule has 0 amide bonds. The lowest BCUT2D eigenvalue weighted by atomic mass is 10.2. The Morgan fingerprint density at radius 1 is 1.39 bits per heavy atom. The van der Waals surface area contributed by atoms with Crippen molar-refractivity contribution in [1.82, 2.24) is 9.97 Å². The maximum absolute atomic E-state index is 13.7. The van der Waals surface area contributed by atoms with Crippen LogP contribution in [0.2, 0.25) is 0 Å². The Morgan fingerprint density at radius 3 is 2.83 bits per heavy atom. The van der Waals surface area contributed by atoms with Gasteiger partial charge in [0.25, 0.3) is 0 Å². The highest BCUT2D eigenvalue weighted by Gasteiger charge is 2.05. The van der Waals surface area contributed by atoms with Crippen molar-refractivity contribution in [2.75, 3.05) is 5.32 Å². The molecule has 3 N–H and O–H groups in total. The number of nitrogens with zero attached hydrogens (tertiary/aromatic N) is 2. The molecule has 2 rings (SSSR count). The van der Waals surface area contributed by atoms with Gasteiger partial charge < -0.3 is 11.1 Å². The molecule has 4 nitrogen and oxygen atoms in total. The normalized spacial score (nSPS) is 10.1. The van der Waals surface area contributed by atoms with Crippen LogP contribution in [0.4, 0.5) is 10.1 Å². The quantitative estimate of drug-likeness (QED) is 0.823. The van der Waals surface area contributed by atoms with E-state index in [0.29, 0.717) is 17.8 Å². The molecule has 92 valence electrons. The number of halogens is 1. The molecule has 1 heterocycles. The number of nitrogens with two attached hydrogens (primary N) is 1. The summed E-state index contributed by atoms with van der Waals surface area (Å²) >= 11 is 4.78. The third-order valence-electron chi connectivity index (χ3n) is 2.36. The zero-order valence-corrected chi connectivity index (χ0v) is 10.2. The minimum Gasteiger partial charge on any atom is -0.389 e. The number of nitrogens with one attached hydrogen (secondary N) is 1. The number of hydrogen-bond acceptors (Lipinski definition) is 4. The number of benzene rings is 1. The summed E-state index contributed by atoms with van der Waals surface area (Å²) < 4.78 is 13.7. The molecule has 1 aromatic heterocycles. The average molecular weight is 262 g/mol. The van der Waals surface area contributed by atoms with E-state index in [1.165, 1.54) is 12.4 Å². The summed E-state index contributed by atoms with van der Waals surface area (Å²) in [6.07, 6.45) is 3.08. The third-order valence-corrected chi connectivity index (χ3v) is 2.59. The lowest BCUT2D eigenvalue weighted by molar-refractivity contribution is 0.629. The molecule has 0 bridgehead atoms. The van der Waals surface area contributed by atoms with E-state index in [9.17, 15) is 4.39 Å². The van der Waals surface area contributed by atoms with Crippen LogP contribution in [-0.2, 0) is 6.54 Å². The van der Waals surface area contributed by atoms with Gasteiger partial charge in [0.05, 0.1) is 17.9 Å². The zero-order chi connectivity index (χ0) is 13.0. The first-order chi connectivity index (χ1) is 8.66. The van der Waals surface area contributed by atoms with E-state index >= 15 is 0 Å². The predicted molar refractivity (Wildman–Crippen MR) is 71.6 cm³/mol. The Morgan fingerprint density at radius 2 is 2.22 bits per heavy atom. The van der Waals surface area contributed by atoms with Gasteiger partial charge in [-0.05, 0) is 24.3 Å². The van der Waals surface area contributed by atoms with Crippen molar-refractivity contribution in [1.29, 1.82) is 0 Å². The molecule has 0 aliphatic heterocycles. The molecule has 0 unspecified atom stereocenters. The van der Waals surface area contributed by atoms with Gasteiger partial charge in [0.15, 0.2) is 0 Å². The maximum Gasteiger partial charge on any atom is 0.146 e. The number of anilines is 1. The van der Waals surface area contributed by atoms with Gasteiger partial charge in [0.2, 0.25) is 0 Å². The summed E-state index contributed by atoms with van der Waals surface area (Å²) in [5.74, 6) is -0.394. The largest absolute Gasteiger partial charge is 0.389 e. The SMILES string of the molecule is NC(=S)c1ccc(NCc2ccncn2)c(F)c1. The molecule has 0 radical (unpaired) electrons. The van der Waals surface area contributed by atoms with Gasteiger partial charge in [0, 0.05) is 11.8 Å². The van der Waals surface area contributed by atoms with E-state index in [-0.39, 0.29) is 4.99 Å². The Labute approximate surface area is 109 Å². The molecular formula is C12H11FN4S. The minimum atomic E-state index is -0.394.